The largest absolute Gasteiger partial charge is 0.463 e. The molecule has 1 unspecified atom stereocenters. The number of halogens is 8. The number of hydrogen-bond donors (Lipinski definition) is 0. The molecule has 2 nitrogen and oxygen atoms in total. The first-order valence-electron chi connectivity index (χ1n) is 3.39. The second kappa shape index (κ2) is 3.73. The maximum absolute atomic E-state index is 12.5. The summed E-state index contributed by atoms with van der Waals surface area (Å²) in [6.45, 7) is -0.485. The van der Waals surface area contributed by atoms with E-state index >= 15 is 0 Å². The van der Waals surface area contributed by atoms with E-state index in [1.165, 1.54) is 0 Å². The lowest BCUT2D eigenvalue weighted by Crippen LogP contribution is -2.52. The molecule has 0 heterocycles. The van der Waals surface area contributed by atoms with Crippen LogP contribution in [0.25, 0.3) is 0 Å². The highest BCUT2D eigenvalue weighted by molar-refractivity contribution is 5.00. The van der Waals surface area contributed by atoms with Crippen molar-refractivity contribution in [3.63, 3.8) is 0 Å². The molecule has 0 aliphatic heterocycles. The van der Waals surface area contributed by atoms with Gasteiger partial charge in [0.05, 0.1) is 0 Å². The highest BCUT2D eigenvalue weighted by atomic mass is 19.4. The Balaban J connectivity index is 5.19. The van der Waals surface area contributed by atoms with Crippen LogP contribution in [0, 0.1) is 11.3 Å². The predicted octanol–water partition coefficient (Wildman–Crippen LogP) is 3.00. The molecular formula is C6H3F8NO. The number of alkyl halides is 8. The molecule has 0 aliphatic rings. The summed E-state index contributed by atoms with van der Waals surface area (Å²) in [5.74, 6) is -10.6. The highest BCUT2D eigenvalue weighted by Gasteiger charge is 2.68. The van der Waals surface area contributed by atoms with Crippen LogP contribution in [-0.4, -0.2) is 24.1 Å². The van der Waals surface area contributed by atoms with Crippen LogP contribution in [-0.2, 0) is 4.74 Å². The Hall–Kier alpha value is -1.11. The molecule has 0 bridgehead atoms. The van der Waals surface area contributed by atoms with Crippen LogP contribution in [0.15, 0.2) is 0 Å². The summed E-state index contributed by atoms with van der Waals surface area (Å²) in [4.78, 5) is 0. The molecular weight excluding hydrogens is 254 g/mol. The molecule has 0 radical (unpaired) electrons. The van der Waals surface area contributed by atoms with E-state index in [1.807, 2.05) is 0 Å². The standard InChI is InChI=1S/C6H3F8NO/c1-3(7,8)6(13,14)16-4(9,2-15)5(10,11)12/h1H3. The third kappa shape index (κ3) is 2.72. The molecule has 0 aromatic carbocycles. The molecule has 10 heteroatoms. The number of ether oxygens (including phenoxy) is 1. The van der Waals surface area contributed by atoms with Gasteiger partial charge in [-0.25, -0.2) is 0 Å². The number of hydrogen-bond acceptors (Lipinski definition) is 2. The summed E-state index contributed by atoms with van der Waals surface area (Å²) < 4.78 is 98.6. The van der Waals surface area contributed by atoms with Gasteiger partial charge in [-0.3, -0.25) is 4.74 Å². The molecule has 0 spiro atoms. The fourth-order valence-electron chi connectivity index (χ4n) is 0.410. The third-order valence-corrected chi connectivity index (χ3v) is 1.29. The van der Waals surface area contributed by atoms with Crippen LogP contribution in [0.4, 0.5) is 35.1 Å². The second-order valence-corrected chi connectivity index (χ2v) is 2.71. The lowest BCUT2D eigenvalue weighted by atomic mass is 10.3. The normalized spacial score (nSPS) is 17.8. The van der Waals surface area contributed by atoms with Gasteiger partial charge in [0.2, 0.25) is 0 Å². The Labute approximate surface area is 83.4 Å². The molecule has 0 aliphatic carbocycles. The van der Waals surface area contributed by atoms with Crippen LogP contribution in [0.2, 0.25) is 0 Å². The first kappa shape index (κ1) is 14.9. The molecule has 0 saturated heterocycles. The summed E-state index contributed by atoms with van der Waals surface area (Å²) in [5, 5.41) is 7.70. The van der Waals surface area contributed by atoms with Crippen molar-refractivity contribution in [2.24, 2.45) is 0 Å². The zero-order valence-electron chi connectivity index (χ0n) is 7.38. The van der Waals surface area contributed by atoms with Crippen molar-refractivity contribution in [2.75, 3.05) is 0 Å². The quantitative estimate of drug-likeness (QED) is 0.728. The molecule has 0 N–H and O–H groups in total. The Morgan fingerprint density at radius 1 is 0.938 bits per heavy atom. The molecule has 16 heavy (non-hydrogen) atoms. The van der Waals surface area contributed by atoms with Crippen molar-refractivity contribution in [2.45, 2.75) is 31.0 Å². The zero-order chi connectivity index (χ0) is 13.4. The number of rotatable bonds is 3. The summed E-state index contributed by atoms with van der Waals surface area (Å²) >= 11 is 0. The van der Waals surface area contributed by atoms with Crippen LogP contribution in [0.3, 0.4) is 0 Å². The van der Waals surface area contributed by atoms with Gasteiger partial charge in [0.1, 0.15) is 6.07 Å². The van der Waals surface area contributed by atoms with Gasteiger partial charge in [0.25, 0.3) is 0 Å². The maximum Gasteiger partial charge on any atom is 0.463 e. The van der Waals surface area contributed by atoms with Crippen molar-refractivity contribution in [1.29, 1.82) is 5.26 Å². The van der Waals surface area contributed by atoms with Crippen molar-refractivity contribution < 1.29 is 39.9 Å². The molecule has 0 fully saturated rings. The molecule has 1 atom stereocenters. The molecule has 0 saturated carbocycles. The third-order valence-electron chi connectivity index (χ3n) is 1.29. The minimum atomic E-state index is -6.18. The number of nitrogens with zero attached hydrogens (tertiary/aromatic N) is 1. The molecule has 0 rings (SSSR count). The summed E-state index contributed by atoms with van der Waals surface area (Å²) in [6, 6.07) is -0.281. The van der Waals surface area contributed by atoms with Crippen LogP contribution in [0.5, 0.6) is 0 Å². The summed E-state index contributed by atoms with van der Waals surface area (Å²) in [7, 11) is 0. The Kier molecular flexibility index (Phi) is 3.47. The fraction of sp³-hybridized carbons (Fsp3) is 0.833. The van der Waals surface area contributed by atoms with E-state index in [9.17, 15) is 35.1 Å². The van der Waals surface area contributed by atoms with Gasteiger partial charge in [-0.05, 0) is 0 Å². The van der Waals surface area contributed by atoms with Gasteiger partial charge in [-0.15, -0.1) is 0 Å². The first-order chi connectivity index (χ1) is 6.77. The predicted molar refractivity (Wildman–Crippen MR) is 32.2 cm³/mol. The zero-order valence-corrected chi connectivity index (χ0v) is 7.38. The van der Waals surface area contributed by atoms with Crippen molar-refractivity contribution in [3.05, 3.63) is 0 Å². The van der Waals surface area contributed by atoms with Crippen molar-refractivity contribution >= 4 is 0 Å². The van der Waals surface area contributed by atoms with Gasteiger partial charge < -0.3 is 0 Å². The van der Waals surface area contributed by atoms with Gasteiger partial charge in [-0.2, -0.15) is 40.4 Å². The van der Waals surface area contributed by atoms with E-state index in [1.54, 1.807) is 0 Å². The van der Waals surface area contributed by atoms with Crippen LogP contribution < -0.4 is 0 Å². The molecule has 0 amide bonds. The van der Waals surface area contributed by atoms with Crippen molar-refractivity contribution in [1.82, 2.24) is 0 Å². The van der Waals surface area contributed by atoms with Gasteiger partial charge in [-0.1, -0.05) is 0 Å². The van der Waals surface area contributed by atoms with E-state index < -0.39 is 31.0 Å². The molecule has 0 aromatic rings. The summed E-state index contributed by atoms with van der Waals surface area (Å²) in [6.07, 6.45) is -12.0. The minimum Gasteiger partial charge on any atom is -0.258 e. The second-order valence-electron chi connectivity index (χ2n) is 2.71. The average molecular weight is 257 g/mol. The van der Waals surface area contributed by atoms with Gasteiger partial charge >= 0.3 is 24.1 Å². The molecule has 0 aromatic heterocycles. The highest BCUT2D eigenvalue weighted by Crippen LogP contribution is 2.43. The van der Waals surface area contributed by atoms with Gasteiger partial charge in [0.15, 0.2) is 0 Å². The van der Waals surface area contributed by atoms with Crippen molar-refractivity contribution in [3.8, 4) is 6.07 Å². The SMILES string of the molecule is CC(F)(F)C(F)(F)OC(F)(C#N)C(F)(F)F. The van der Waals surface area contributed by atoms with Crippen LogP contribution >= 0.6 is 0 Å². The van der Waals surface area contributed by atoms with E-state index in [2.05, 4.69) is 4.74 Å². The first-order valence-corrected chi connectivity index (χ1v) is 3.39. The average Bonchev–Trinajstić information content (AvgIpc) is 1.99. The lowest BCUT2D eigenvalue weighted by molar-refractivity contribution is -0.431. The topological polar surface area (TPSA) is 33.0 Å². The Morgan fingerprint density at radius 2 is 1.31 bits per heavy atom. The van der Waals surface area contributed by atoms with E-state index in [-0.39, 0.29) is 6.07 Å². The smallest absolute Gasteiger partial charge is 0.258 e. The van der Waals surface area contributed by atoms with Crippen LogP contribution in [0.1, 0.15) is 6.92 Å². The monoisotopic (exact) mass is 257 g/mol. The molecule has 94 valence electrons. The summed E-state index contributed by atoms with van der Waals surface area (Å²) in [5.41, 5.74) is 0. The Bertz CT molecular complexity index is 299. The van der Waals surface area contributed by atoms with Gasteiger partial charge in [0, 0.05) is 6.92 Å². The number of nitriles is 1. The lowest BCUT2D eigenvalue weighted by Gasteiger charge is -2.29. The van der Waals surface area contributed by atoms with E-state index in [0.29, 0.717) is 0 Å². The minimum absolute atomic E-state index is 0.281. The van der Waals surface area contributed by atoms with E-state index in [0.717, 1.165) is 0 Å². The fourth-order valence-corrected chi connectivity index (χ4v) is 0.410. The maximum atomic E-state index is 12.5. The Morgan fingerprint density at radius 3 is 1.50 bits per heavy atom. The van der Waals surface area contributed by atoms with E-state index in [4.69, 9.17) is 5.26 Å².